The highest BCUT2D eigenvalue weighted by Gasteiger charge is 2.16. The van der Waals surface area contributed by atoms with Crippen molar-refractivity contribution in [2.75, 3.05) is 35.0 Å². The Kier molecular flexibility index (Phi) is 5.71. The van der Waals surface area contributed by atoms with E-state index >= 15 is 0 Å². The highest BCUT2D eigenvalue weighted by Crippen LogP contribution is 2.34. The molecule has 0 bridgehead atoms. The Labute approximate surface area is 158 Å². The number of ether oxygens (including phenoxy) is 4. The number of methoxy groups -OCH3 is 4. The number of aromatic nitrogens is 2. The topological polar surface area (TPSA) is 75.0 Å². The number of benzene rings is 2. The van der Waals surface area contributed by atoms with Crippen LogP contribution in [0.3, 0.4) is 0 Å². The lowest BCUT2D eigenvalue weighted by Gasteiger charge is -2.11. The Hall–Kier alpha value is -2.93. The summed E-state index contributed by atoms with van der Waals surface area (Å²) in [6.07, 6.45) is 0.463. The second-order valence-corrected chi connectivity index (χ2v) is 5.99. The van der Waals surface area contributed by atoms with Crippen molar-refractivity contribution in [3.63, 3.8) is 0 Å². The molecule has 1 aromatic heterocycles. The van der Waals surface area contributed by atoms with Gasteiger partial charge in [-0.3, -0.25) is 4.68 Å². The fourth-order valence-electron chi connectivity index (χ4n) is 3.13. The van der Waals surface area contributed by atoms with Crippen molar-refractivity contribution < 1.29 is 24.1 Å². The Bertz CT molecular complexity index is 936. The van der Waals surface area contributed by atoms with Crippen molar-refractivity contribution in [3.8, 4) is 23.0 Å². The molecule has 0 radical (unpaired) electrons. The maximum absolute atomic E-state index is 9.40. The highest BCUT2D eigenvalue weighted by atomic mass is 16.5. The molecule has 3 rings (SSSR count). The number of rotatable bonds is 8. The first-order chi connectivity index (χ1) is 13.1. The molecule has 0 saturated heterocycles. The Morgan fingerprint density at radius 2 is 1.48 bits per heavy atom. The molecule has 0 amide bonds. The third kappa shape index (κ3) is 3.64. The maximum atomic E-state index is 9.40. The maximum Gasteiger partial charge on any atom is 0.162 e. The van der Waals surface area contributed by atoms with Gasteiger partial charge < -0.3 is 24.1 Å². The average molecular weight is 372 g/mol. The lowest BCUT2D eigenvalue weighted by Crippen LogP contribution is -2.04. The monoisotopic (exact) mass is 372 g/mol. The largest absolute Gasteiger partial charge is 0.493 e. The summed E-state index contributed by atoms with van der Waals surface area (Å²) in [5, 5.41) is 15.0. The van der Waals surface area contributed by atoms with Crippen LogP contribution in [-0.4, -0.2) is 49.9 Å². The first kappa shape index (κ1) is 18.8. The second-order valence-electron chi connectivity index (χ2n) is 5.99. The molecule has 3 aromatic rings. The van der Waals surface area contributed by atoms with E-state index < -0.39 is 0 Å². The van der Waals surface area contributed by atoms with E-state index in [0.29, 0.717) is 36.0 Å². The van der Waals surface area contributed by atoms with E-state index in [4.69, 9.17) is 24.0 Å². The third-order valence-corrected chi connectivity index (χ3v) is 4.46. The predicted molar refractivity (Wildman–Crippen MR) is 102 cm³/mol. The van der Waals surface area contributed by atoms with Gasteiger partial charge >= 0.3 is 0 Å². The lowest BCUT2D eigenvalue weighted by molar-refractivity contribution is 0.298. The van der Waals surface area contributed by atoms with Crippen molar-refractivity contribution >= 4 is 10.9 Å². The van der Waals surface area contributed by atoms with Gasteiger partial charge in [-0.25, -0.2) is 0 Å². The summed E-state index contributed by atoms with van der Waals surface area (Å²) < 4.78 is 23.4. The van der Waals surface area contributed by atoms with Gasteiger partial charge in [-0.15, -0.1) is 0 Å². The van der Waals surface area contributed by atoms with Crippen LogP contribution in [0.5, 0.6) is 23.0 Å². The van der Waals surface area contributed by atoms with Gasteiger partial charge in [0.1, 0.15) is 0 Å². The van der Waals surface area contributed by atoms with Crippen molar-refractivity contribution in [2.45, 2.75) is 13.0 Å². The zero-order chi connectivity index (χ0) is 19.4. The van der Waals surface area contributed by atoms with Gasteiger partial charge in [0, 0.05) is 24.5 Å². The van der Waals surface area contributed by atoms with Gasteiger partial charge in [0.05, 0.1) is 46.2 Å². The summed E-state index contributed by atoms with van der Waals surface area (Å²) in [4.78, 5) is 0. The molecule has 1 heterocycles. The molecule has 7 heteroatoms. The zero-order valence-electron chi connectivity index (χ0n) is 16.0. The predicted octanol–water partition coefficient (Wildman–Crippen LogP) is 2.65. The fraction of sp³-hybridized carbons (Fsp3) is 0.350. The minimum absolute atomic E-state index is 0.0246. The summed E-state index contributed by atoms with van der Waals surface area (Å²) in [5.41, 5.74) is 2.74. The molecule has 0 aliphatic heterocycles. The van der Waals surface area contributed by atoms with Crippen LogP contribution in [0.1, 0.15) is 11.3 Å². The van der Waals surface area contributed by atoms with Crippen LogP contribution in [0.15, 0.2) is 30.3 Å². The van der Waals surface area contributed by atoms with Gasteiger partial charge in [0.2, 0.25) is 0 Å². The Balaban J connectivity index is 2.08. The summed E-state index contributed by atoms with van der Waals surface area (Å²) in [6.45, 7) is 0.564. The normalized spacial score (nSPS) is 10.9. The summed E-state index contributed by atoms with van der Waals surface area (Å²) in [7, 11) is 6.43. The van der Waals surface area contributed by atoms with E-state index in [9.17, 15) is 5.11 Å². The van der Waals surface area contributed by atoms with Gasteiger partial charge in [0.25, 0.3) is 0 Å². The van der Waals surface area contributed by atoms with Crippen LogP contribution in [-0.2, 0) is 13.0 Å². The molecule has 0 spiro atoms. The molecular weight excluding hydrogens is 348 g/mol. The summed E-state index contributed by atoms with van der Waals surface area (Å²) >= 11 is 0. The van der Waals surface area contributed by atoms with Crippen LogP contribution in [0.25, 0.3) is 10.9 Å². The van der Waals surface area contributed by atoms with Crippen LogP contribution in [0.4, 0.5) is 0 Å². The molecule has 0 fully saturated rings. The fourth-order valence-corrected chi connectivity index (χ4v) is 3.13. The Morgan fingerprint density at radius 1 is 0.852 bits per heavy atom. The van der Waals surface area contributed by atoms with Crippen LogP contribution in [0.2, 0.25) is 0 Å². The van der Waals surface area contributed by atoms with E-state index in [0.717, 1.165) is 22.2 Å². The molecule has 0 atom stereocenters. The molecular formula is C20H24N2O5. The first-order valence-electron chi connectivity index (χ1n) is 8.58. The lowest BCUT2D eigenvalue weighted by atomic mass is 10.1. The van der Waals surface area contributed by atoms with E-state index in [1.54, 1.807) is 28.4 Å². The highest BCUT2D eigenvalue weighted by molar-refractivity contribution is 5.86. The number of hydrogen-bond acceptors (Lipinski definition) is 6. The number of fused-ring (bicyclic) bond motifs is 1. The van der Waals surface area contributed by atoms with Gasteiger partial charge in [-0.1, -0.05) is 6.07 Å². The van der Waals surface area contributed by atoms with Crippen molar-refractivity contribution in [3.05, 3.63) is 41.6 Å². The first-order valence-corrected chi connectivity index (χ1v) is 8.58. The summed E-state index contributed by atoms with van der Waals surface area (Å²) in [6, 6.07) is 9.58. The number of aliphatic hydroxyl groups is 1. The molecule has 0 aliphatic rings. The molecule has 0 saturated carbocycles. The number of aliphatic hydroxyl groups excluding tert-OH is 1. The minimum Gasteiger partial charge on any atom is -0.493 e. The third-order valence-electron chi connectivity index (χ3n) is 4.46. The minimum atomic E-state index is 0.0246. The molecule has 1 N–H and O–H groups in total. The van der Waals surface area contributed by atoms with Crippen molar-refractivity contribution in [1.29, 1.82) is 0 Å². The van der Waals surface area contributed by atoms with Crippen LogP contribution in [0, 0.1) is 0 Å². The smallest absolute Gasteiger partial charge is 0.162 e. The molecule has 2 aromatic carbocycles. The molecule has 27 heavy (non-hydrogen) atoms. The van der Waals surface area contributed by atoms with Gasteiger partial charge in [-0.05, 0) is 23.8 Å². The van der Waals surface area contributed by atoms with Crippen LogP contribution < -0.4 is 18.9 Å². The second kappa shape index (κ2) is 8.18. The van der Waals surface area contributed by atoms with Gasteiger partial charge in [-0.2, -0.15) is 5.10 Å². The molecule has 144 valence electrons. The van der Waals surface area contributed by atoms with Crippen molar-refractivity contribution in [1.82, 2.24) is 9.78 Å². The van der Waals surface area contributed by atoms with Crippen LogP contribution >= 0.6 is 0 Å². The van der Waals surface area contributed by atoms with E-state index in [1.807, 2.05) is 35.0 Å². The van der Waals surface area contributed by atoms with E-state index in [2.05, 4.69) is 0 Å². The standard InChI is InChI=1S/C20H24N2O5/c1-24-17-6-5-13(9-18(17)25-2)12-22-16-11-20(27-4)19(26-3)10-14(16)15(21-22)7-8-23/h5-6,9-11,23H,7-8,12H2,1-4H3. The SMILES string of the molecule is COc1ccc(Cn2nc(CCO)c3cc(OC)c(OC)cc32)cc1OC. The number of nitrogens with zero attached hydrogens (tertiary/aromatic N) is 2. The average Bonchev–Trinajstić information content (AvgIpc) is 3.03. The molecule has 0 unspecified atom stereocenters. The Morgan fingerprint density at radius 3 is 2.11 bits per heavy atom. The zero-order valence-corrected chi connectivity index (χ0v) is 16.0. The van der Waals surface area contributed by atoms with Crippen molar-refractivity contribution in [2.24, 2.45) is 0 Å². The quantitative estimate of drug-likeness (QED) is 0.655. The van der Waals surface area contributed by atoms with Gasteiger partial charge in [0.15, 0.2) is 23.0 Å². The summed E-state index contributed by atoms with van der Waals surface area (Å²) in [5.74, 6) is 2.61. The van der Waals surface area contributed by atoms with E-state index in [1.165, 1.54) is 0 Å². The molecule has 7 nitrogen and oxygen atoms in total. The molecule has 0 aliphatic carbocycles. The number of hydrogen-bond donors (Lipinski definition) is 1. The van der Waals surface area contributed by atoms with E-state index in [-0.39, 0.29) is 6.61 Å².